The molecule has 4 fully saturated rings. The Morgan fingerprint density at radius 3 is 1.23 bits per heavy atom. The van der Waals surface area contributed by atoms with E-state index in [9.17, 15) is 41.5 Å². The Balaban J connectivity index is 0.000000333. The SMILES string of the molecule is CC.CCCN.CCCN.Fc1ccc(C2CC2)cc1.Fc1ccc(C2CC2)cc1.N#Cc1ccc(C(=O)NCC(=O)N2CC(F)(F)C2)cc1.N#Cc1ccc(C(=O)NCC(=O)N2CCN(CC(=O)O)CC2)cc1. The van der Waals surface area contributed by atoms with Gasteiger partial charge in [0.05, 0.1) is 56.0 Å². The van der Waals surface area contributed by atoms with Crippen molar-refractivity contribution in [3.63, 3.8) is 0 Å². The lowest BCUT2D eigenvalue weighted by atomic mass is 10.1. The second kappa shape index (κ2) is 34.3. The molecule has 0 atom stereocenters. The molecule has 2 aliphatic heterocycles. The van der Waals surface area contributed by atoms with Crippen molar-refractivity contribution in [3.8, 4) is 12.1 Å². The van der Waals surface area contributed by atoms with E-state index in [4.69, 9.17) is 27.1 Å². The Morgan fingerprint density at radius 2 is 0.946 bits per heavy atom. The summed E-state index contributed by atoms with van der Waals surface area (Å²) in [4.78, 5) is 62.2. The number of carboxylic acid groups (broad SMARTS) is 1. The number of nitriles is 2. The fourth-order valence-electron chi connectivity index (χ4n) is 6.47. The summed E-state index contributed by atoms with van der Waals surface area (Å²) in [6, 6.07) is 29.6. The molecule has 4 aromatic carbocycles. The number of aliphatic carboxylic acids is 1. The fraction of sp³-hybridized carbons (Fsp3) is 0.436. The van der Waals surface area contributed by atoms with Gasteiger partial charge in [-0.05, 0) is 147 Å². The van der Waals surface area contributed by atoms with Crippen LogP contribution in [0.3, 0.4) is 0 Å². The minimum Gasteiger partial charge on any atom is -0.480 e. The molecule has 2 saturated carbocycles. The first kappa shape index (κ1) is 62.9. The molecule has 0 aromatic heterocycles. The number of benzene rings is 4. The van der Waals surface area contributed by atoms with Crippen LogP contribution in [0.25, 0.3) is 0 Å². The summed E-state index contributed by atoms with van der Waals surface area (Å²) in [6.45, 7) is 9.97. The molecule has 4 aromatic rings. The van der Waals surface area contributed by atoms with Crippen LogP contribution < -0.4 is 22.1 Å². The Morgan fingerprint density at radius 1 is 0.608 bits per heavy atom. The van der Waals surface area contributed by atoms with Crippen molar-refractivity contribution in [2.75, 3.05) is 72.0 Å². The third-order valence-electron chi connectivity index (χ3n) is 11.0. The molecule has 2 aliphatic carbocycles. The van der Waals surface area contributed by atoms with E-state index >= 15 is 0 Å². The summed E-state index contributed by atoms with van der Waals surface area (Å²) < 4.78 is 49.9. The number of likely N-dealkylation sites (tertiary alicyclic amines) is 1. The number of rotatable bonds is 12. The molecule has 400 valence electrons. The summed E-state index contributed by atoms with van der Waals surface area (Å²) in [5.41, 5.74) is 14.2. The maximum absolute atomic E-state index is 12.6. The van der Waals surface area contributed by atoms with Crippen LogP contribution in [0.2, 0.25) is 0 Å². The zero-order valence-corrected chi connectivity index (χ0v) is 42.8. The highest BCUT2D eigenvalue weighted by atomic mass is 19.3. The third kappa shape index (κ3) is 25.0. The number of alkyl halides is 2. The minimum atomic E-state index is -2.81. The molecule has 0 spiro atoms. The van der Waals surface area contributed by atoms with Gasteiger partial charge in [-0.25, -0.2) is 17.6 Å². The van der Waals surface area contributed by atoms with E-state index in [2.05, 4.69) is 24.5 Å². The summed E-state index contributed by atoms with van der Waals surface area (Å²) in [5, 5.41) is 31.0. The molecule has 7 N–H and O–H groups in total. The summed E-state index contributed by atoms with van der Waals surface area (Å²) >= 11 is 0. The van der Waals surface area contributed by atoms with Gasteiger partial charge in [0, 0.05) is 37.3 Å². The van der Waals surface area contributed by atoms with Gasteiger partial charge in [0.15, 0.2) is 0 Å². The fourth-order valence-corrected chi connectivity index (χ4v) is 6.47. The number of halogens is 4. The van der Waals surface area contributed by atoms with Crippen LogP contribution in [0.15, 0.2) is 97.1 Å². The highest BCUT2D eigenvalue weighted by molar-refractivity contribution is 5.97. The molecule has 15 nitrogen and oxygen atoms in total. The predicted octanol–water partition coefficient (Wildman–Crippen LogP) is 7.43. The first-order valence-corrected chi connectivity index (χ1v) is 24.8. The molecule has 19 heteroatoms. The number of nitrogens with two attached hydrogens (primary N) is 2. The number of hydrogen-bond donors (Lipinski definition) is 5. The normalized spacial score (nSPS) is 14.6. The van der Waals surface area contributed by atoms with Gasteiger partial charge >= 0.3 is 5.97 Å². The zero-order chi connectivity index (χ0) is 55.1. The van der Waals surface area contributed by atoms with Gasteiger partial charge in [0.25, 0.3) is 17.7 Å². The molecule has 0 radical (unpaired) electrons. The highest BCUT2D eigenvalue weighted by Gasteiger charge is 2.46. The van der Waals surface area contributed by atoms with Gasteiger partial charge in [-0.15, -0.1) is 0 Å². The van der Waals surface area contributed by atoms with Crippen molar-refractivity contribution in [1.82, 2.24) is 25.3 Å². The van der Waals surface area contributed by atoms with Gasteiger partial charge in [0.2, 0.25) is 11.8 Å². The Labute approximate surface area is 432 Å². The van der Waals surface area contributed by atoms with Crippen molar-refractivity contribution in [2.45, 2.75) is 84.0 Å². The van der Waals surface area contributed by atoms with E-state index in [-0.39, 0.29) is 43.1 Å². The smallest absolute Gasteiger partial charge is 0.317 e. The molecule has 74 heavy (non-hydrogen) atoms. The molecule has 4 aliphatic rings. The Hall–Kier alpha value is -7.19. The lowest BCUT2D eigenvalue weighted by Gasteiger charge is -2.38. The summed E-state index contributed by atoms with van der Waals surface area (Å²) in [5.74, 6) is -4.11. The topological polar surface area (TPSA) is 239 Å². The van der Waals surface area contributed by atoms with Gasteiger partial charge in [0.1, 0.15) is 11.6 Å². The van der Waals surface area contributed by atoms with E-state index in [0.717, 1.165) is 42.7 Å². The van der Waals surface area contributed by atoms with Crippen molar-refractivity contribution in [1.29, 1.82) is 10.5 Å². The maximum Gasteiger partial charge on any atom is 0.317 e. The first-order chi connectivity index (χ1) is 35.4. The van der Waals surface area contributed by atoms with Crippen LogP contribution in [0.5, 0.6) is 0 Å². The van der Waals surface area contributed by atoms with Crippen LogP contribution in [-0.2, 0) is 14.4 Å². The first-order valence-electron chi connectivity index (χ1n) is 24.8. The molecule has 2 heterocycles. The summed E-state index contributed by atoms with van der Waals surface area (Å²) in [7, 11) is 0. The zero-order valence-electron chi connectivity index (χ0n) is 42.8. The van der Waals surface area contributed by atoms with Gasteiger partial charge in [-0.2, -0.15) is 10.5 Å². The molecular formula is C55H71F4N9O6. The number of piperazine rings is 1. The standard InChI is InChI=1S/C16H18N4O4.C13H11F2N3O2.2C9H9F.2C3H9N.C2H6/c17-9-12-1-3-13(4-2-12)16(24)18-10-14(21)20-7-5-19(6-8-20)11-15(22)23;14-13(15)7-18(8-13)11(19)6-17-12(20)10-3-1-9(5-16)2-4-10;2*10-9-5-3-8(4-6-9)7-1-2-7;2*1-2-3-4;1-2/h1-4H,5-8,10-11H2,(H,18,24)(H,22,23);1-4H,6-8H2,(H,17,20);2*3-7H,1-2H2;2*2-4H2,1H3;1-2H3. The van der Waals surface area contributed by atoms with Gasteiger partial charge < -0.3 is 37.0 Å². The number of carbonyl (C=O) groups excluding carboxylic acids is 4. The van der Waals surface area contributed by atoms with Gasteiger partial charge in [-0.3, -0.25) is 28.9 Å². The van der Waals surface area contributed by atoms with E-state index in [1.54, 1.807) is 21.9 Å². The molecule has 4 amide bonds. The Kier molecular flexibility index (Phi) is 29.1. The lowest BCUT2D eigenvalue weighted by Crippen LogP contribution is -2.60. The second-order valence-corrected chi connectivity index (χ2v) is 17.1. The Bertz CT molecular complexity index is 2330. The molecule has 0 unspecified atom stereocenters. The monoisotopic (exact) mass is 1030 g/mol. The lowest BCUT2D eigenvalue weighted by molar-refractivity contribution is -0.164. The van der Waals surface area contributed by atoms with E-state index in [1.807, 2.05) is 50.3 Å². The number of carbonyl (C=O) groups is 5. The number of nitrogens with zero attached hydrogens (tertiary/aromatic N) is 5. The van der Waals surface area contributed by atoms with Crippen LogP contribution in [0, 0.1) is 34.3 Å². The maximum atomic E-state index is 12.6. The highest BCUT2D eigenvalue weighted by Crippen LogP contribution is 2.40. The number of amides is 4. The molecular weight excluding hydrogens is 959 g/mol. The van der Waals surface area contributed by atoms with Crippen molar-refractivity contribution < 1.29 is 46.6 Å². The van der Waals surface area contributed by atoms with Crippen molar-refractivity contribution >= 4 is 29.6 Å². The largest absolute Gasteiger partial charge is 0.480 e. The minimum absolute atomic E-state index is 0.0303. The van der Waals surface area contributed by atoms with Crippen LogP contribution in [0.1, 0.15) is 121 Å². The number of nitrogens with one attached hydrogen (secondary N) is 2. The average Bonchev–Trinajstić information content (AvgIpc) is 4.37. The quantitative estimate of drug-likeness (QED) is 0.0875. The van der Waals surface area contributed by atoms with Crippen molar-refractivity contribution in [2.24, 2.45) is 11.5 Å². The molecule has 0 bridgehead atoms. The van der Waals surface area contributed by atoms with E-state index in [0.29, 0.717) is 48.4 Å². The average molecular weight is 1030 g/mol. The van der Waals surface area contributed by atoms with Crippen LogP contribution in [-0.4, -0.2) is 127 Å². The van der Waals surface area contributed by atoms with Crippen LogP contribution in [0.4, 0.5) is 17.6 Å². The second-order valence-electron chi connectivity index (χ2n) is 17.1. The van der Waals surface area contributed by atoms with Gasteiger partial charge in [-0.1, -0.05) is 52.0 Å². The van der Waals surface area contributed by atoms with Crippen LogP contribution >= 0.6 is 0 Å². The third-order valence-corrected chi connectivity index (χ3v) is 11.0. The van der Waals surface area contributed by atoms with Crippen molar-refractivity contribution in [3.05, 3.63) is 142 Å². The number of hydrogen-bond acceptors (Lipinski definition) is 10. The van der Waals surface area contributed by atoms with E-state index < -0.39 is 36.8 Å². The molecule has 8 rings (SSSR count). The molecule has 2 saturated heterocycles. The summed E-state index contributed by atoms with van der Waals surface area (Å²) in [6.07, 6.45) is 7.33. The number of carboxylic acids is 1. The van der Waals surface area contributed by atoms with E-state index in [1.165, 1.54) is 97.5 Å². The predicted molar refractivity (Wildman–Crippen MR) is 276 cm³/mol.